The SMILES string of the molecule is COc1cc(/C=C/C(=O)OC(C)C)cc(Br)c1OCc1ccc(Cl)c(Cl)c1. The predicted molar refractivity (Wildman–Crippen MR) is 112 cm³/mol. The van der Waals surface area contributed by atoms with Crippen molar-refractivity contribution in [2.24, 2.45) is 0 Å². The lowest BCUT2D eigenvalue weighted by Gasteiger charge is -2.14. The minimum Gasteiger partial charge on any atom is -0.493 e. The molecule has 7 heteroatoms. The highest BCUT2D eigenvalue weighted by Crippen LogP contribution is 2.37. The van der Waals surface area contributed by atoms with Gasteiger partial charge in [0.2, 0.25) is 0 Å². The summed E-state index contributed by atoms with van der Waals surface area (Å²) < 4.78 is 17.1. The Labute approximate surface area is 177 Å². The van der Waals surface area contributed by atoms with Crippen LogP contribution < -0.4 is 9.47 Å². The van der Waals surface area contributed by atoms with E-state index in [1.165, 1.54) is 6.08 Å². The van der Waals surface area contributed by atoms with Crippen LogP contribution in [0.3, 0.4) is 0 Å². The smallest absolute Gasteiger partial charge is 0.331 e. The molecule has 2 rings (SSSR count). The van der Waals surface area contributed by atoms with Gasteiger partial charge in [-0.2, -0.15) is 0 Å². The molecular weight excluding hydrogens is 455 g/mol. The molecule has 4 nitrogen and oxygen atoms in total. The van der Waals surface area contributed by atoms with Gasteiger partial charge in [-0.3, -0.25) is 0 Å². The van der Waals surface area contributed by atoms with Crippen LogP contribution in [0, 0.1) is 0 Å². The van der Waals surface area contributed by atoms with Gasteiger partial charge in [-0.15, -0.1) is 0 Å². The average Bonchev–Trinajstić information content (AvgIpc) is 2.60. The van der Waals surface area contributed by atoms with Crippen molar-refractivity contribution in [1.82, 2.24) is 0 Å². The van der Waals surface area contributed by atoms with Gasteiger partial charge in [0, 0.05) is 6.08 Å². The first-order chi connectivity index (χ1) is 12.8. The fourth-order valence-electron chi connectivity index (χ4n) is 2.20. The van der Waals surface area contributed by atoms with Gasteiger partial charge in [-0.25, -0.2) is 4.79 Å². The van der Waals surface area contributed by atoms with Gasteiger partial charge in [0.1, 0.15) is 6.61 Å². The van der Waals surface area contributed by atoms with E-state index in [0.717, 1.165) is 11.1 Å². The molecule has 0 spiro atoms. The first-order valence-electron chi connectivity index (χ1n) is 8.13. The zero-order valence-electron chi connectivity index (χ0n) is 15.1. The summed E-state index contributed by atoms with van der Waals surface area (Å²) in [5, 5.41) is 0.962. The third kappa shape index (κ3) is 6.45. The molecule has 2 aromatic rings. The number of hydrogen-bond acceptors (Lipinski definition) is 4. The van der Waals surface area contributed by atoms with E-state index in [0.29, 0.717) is 32.6 Å². The molecule has 0 aliphatic rings. The largest absolute Gasteiger partial charge is 0.493 e. The summed E-state index contributed by atoms with van der Waals surface area (Å²) >= 11 is 15.4. The number of carbonyl (C=O) groups is 1. The molecule has 0 saturated carbocycles. The molecular formula is C20H19BrCl2O4. The van der Waals surface area contributed by atoms with Gasteiger partial charge in [-0.05, 0) is 71.2 Å². The second-order valence-corrected chi connectivity index (χ2v) is 7.56. The number of ether oxygens (including phenoxy) is 3. The van der Waals surface area contributed by atoms with Gasteiger partial charge < -0.3 is 14.2 Å². The van der Waals surface area contributed by atoms with E-state index in [4.69, 9.17) is 37.4 Å². The molecule has 27 heavy (non-hydrogen) atoms. The van der Waals surface area contributed by atoms with Gasteiger partial charge in [-0.1, -0.05) is 29.3 Å². The van der Waals surface area contributed by atoms with Crippen molar-refractivity contribution in [3.8, 4) is 11.5 Å². The number of halogens is 3. The molecule has 0 heterocycles. The van der Waals surface area contributed by atoms with Gasteiger partial charge >= 0.3 is 5.97 Å². The van der Waals surface area contributed by atoms with E-state index < -0.39 is 5.97 Å². The van der Waals surface area contributed by atoms with Crippen molar-refractivity contribution in [1.29, 1.82) is 0 Å². The van der Waals surface area contributed by atoms with Gasteiger partial charge in [0.15, 0.2) is 11.5 Å². The van der Waals surface area contributed by atoms with Crippen LogP contribution in [0.15, 0.2) is 40.9 Å². The zero-order valence-corrected chi connectivity index (χ0v) is 18.2. The maximum atomic E-state index is 11.6. The molecule has 0 unspecified atom stereocenters. The molecule has 0 bridgehead atoms. The summed E-state index contributed by atoms with van der Waals surface area (Å²) in [7, 11) is 1.55. The lowest BCUT2D eigenvalue weighted by molar-refractivity contribution is -0.141. The highest BCUT2D eigenvalue weighted by Gasteiger charge is 2.12. The lowest BCUT2D eigenvalue weighted by atomic mass is 10.2. The first kappa shape index (κ1) is 21.6. The Bertz CT molecular complexity index is 850. The van der Waals surface area contributed by atoms with Crippen molar-refractivity contribution in [2.75, 3.05) is 7.11 Å². The number of hydrogen-bond donors (Lipinski definition) is 0. The van der Waals surface area contributed by atoms with Crippen LogP contribution in [0.1, 0.15) is 25.0 Å². The van der Waals surface area contributed by atoms with E-state index in [1.807, 2.05) is 12.1 Å². The summed E-state index contributed by atoms with van der Waals surface area (Å²) in [6.07, 6.45) is 2.86. The third-order valence-electron chi connectivity index (χ3n) is 3.38. The van der Waals surface area contributed by atoms with Crippen LogP contribution in [0.4, 0.5) is 0 Å². The van der Waals surface area contributed by atoms with Crippen LogP contribution >= 0.6 is 39.1 Å². The molecule has 2 aromatic carbocycles. The summed E-state index contributed by atoms with van der Waals surface area (Å²) in [5.74, 6) is 0.673. The van der Waals surface area contributed by atoms with Gasteiger partial charge in [0.05, 0.1) is 27.7 Å². The van der Waals surface area contributed by atoms with E-state index in [1.54, 1.807) is 45.2 Å². The molecule has 144 valence electrons. The molecule has 0 aliphatic carbocycles. The number of rotatable bonds is 7. The highest BCUT2D eigenvalue weighted by molar-refractivity contribution is 9.10. The van der Waals surface area contributed by atoms with Crippen LogP contribution in [-0.4, -0.2) is 19.2 Å². The fourth-order valence-corrected chi connectivity index (χ4v) is 3.09. The molecule has 0 aromatic heterocycles. The number of carbonyl (C=O) groups excluding carboxylic acids is 1. The van der Waals surface area contributed by atoms with E-state index in [2.05, 4.69) is 15.9 Å². The zero-order chi connectivity index (χ0) is 20.0. The van der Waals surface area contributed by atoms with Crippen molar-refractivity contribution in [3.05, 3.63) is 62.1 Å². The quantitative estimate of drug-likeness (QED) is 0.349. The Hall–Kier alpha value is -1.69. The van der Waals surface area contributed by atoms with Crippen molar-refractivity contribution in [3.63, 3.8) is 0 Å². The van der Waals surface area contributed by atoms with Crippen LogP contribution in [0.2, 0.25) is 10.0 Å². The van der Waals surface area contributed by atoms with Crippen LogP contribution in [-0.2, 0) is 16.1 Å². The maximum absolute atomic E-state index is 11.6. The highest BCUT2D eigenvalue weighted by atomic mass is 79.9. The minimum absolute atomic E-state index is 0.166. The molecule has 0 amide bonds. The summed E-state index contributed by atoms with van der Waals surface area (Å²) in [6.45, 7) is 3.89. The van der Waals surface area contributed by atoms with Crippen molar-refractivity contribution in [2.45, 2.75) is 26.6 Å². The number of esters is 1. The monoisotopic (exact) mass is 472 g/mol. The maximum Gasteiger partial charge on any atom is 0.331 e. The van der Waals surface area contributed by atoms with Crippen molar-refractivity contribution < 1.29 is 19.0 Å². The Balaban J connectivity index is 2.16. The second kappa shape index (κ2) is 10.0. The second-order valence-electron chi connectivity index (χ2n) is 5.89. The molecule has 0 radical (unpaired) electrons. The van der Waals surface area contributed by atoms with Crippen LogP contribution in [0.25, 0.3) is 6.08 Å². The number of methoxy groups -OCH3 is 1. The molecule has 0 N–H and O–H groups in total. The Kier molecular flexibility index (Phi) is 8.02. The summed E-state index contributed by atoms with van der Waals surface area (Å²) in [5.41, 5.74) is 1.64. The predicted octanol–water partition coefficient (Wildman–Crippen LogP) is 6.31. The topological polar surface area (TPSA) is 44.8 Å². The third-order valence-corrected chi connectivity index (χ3v) is 4.71. The molecule has 0 fully saturated rings. The number of benzene rings is 2. The van der Waals surface area contributed by atoms with E-state index in [-0.39, 0.29) is 6.10 Å². The van der Waals surface area contributed by atoms with Crippen LogP contribution in [0.5, 0.6) is 11.5 Å². The van der Waals surface area contributed by atoms with Gasteiger partial charge in [0.25, 0.3) is 0 Å². The lowest BCUT2D eigenvalue weighted by Crippen LogP contribution is -2.08. The summed E-state index contributed by atoms with van der Waals surface area (Å²) in [4.78, 5) is 11.6. The normalized spacial score (nSPS) is 11.1. The van der Waals surface area contributed by atoms with E-state index in [9.17, 15) is 4.79 Å². The molecule has 0 atom stereocenters. The Morgan fingerprint density at radius 3 is 2.56 bits per heavy atom. The molecule has 0 saturated heterocycles. The first-order valence-corrected chi connectivity index (χ1v) is 9.68. The summed E-state index contributed by atoms with van der Waals surface area (Å²) in [6, 6.07) is 8.91. The average molecular weight is 474 g/mol. The van der Waals surface area contributed by atoms with E-state index >= 15 is 0 Å². The standard InChI is InChI=1S/C20H19BrCl2O4/c1-12(2)27-19(24)7-5-13-8-15(21)20(18(10-13)25-3)26-11-14-4-6-16(22)17(23)9-14/h4-10,12H,11H2,1-3H3/b7-5+. The Morgan fingerprint density at radius 1 is 1.19 bits per heavy atom. The fraction of sp³-hybridized carbons (Fsp3) is 0.250. The Morgan fingerprint density at radius 2 is 1.93 bits per heavy atom. The minimum atomic E-state index is -0.403. The molecule has 0 aliphatic heterocycles. The van der Waals surface area contributed by atoms with Crippen molar-refractivity contribution >= 4 is 51.2 Å².